The molecule has 0 radical (unpaired) electrons. The molecule has 1 rings (SSSR count). The Morgan fingerprint density at radius 1 is 1.18 bits per heavy atom. The van der Waals surface area contributed by atoms with Gasteiger partial charge in [0.05, 0.1) is 12.2 Å². The molecule has 0 heterocycles. The zero-order chi connectivity index (χ0) is 12.7. The summed E-state index contributed by atoms with van der Waals surface area (Å²) in [5.41, 5.74) is -0.224. The van der Waals surface area contributed by atoms with Gasteiger partial charge in [-0.1, -0.05) is 18.2 Å². The Bertz CT molecular complexity index is 339. The van der Waals surface area contributed by atoms with E-state index in [-0.39, 0.29) is 0 Å². The Morgan fingerprint density at radius 2 is 1.88 bits per heavy atom. The Balaban J connectivity index is 2.53. The predicted molar refractivity (Wildman–Crippen MR) is 59.9 cm³/mol. The van der Waals surface area contributed by atoms with Crippen LogP contribution in [0, 0.1) is 0 Å². The second-order valence-corrected chi connectivity index (χ2v) is 3.65. The number of nitrogens with one attached hydrogen (secondary N) is 1. The maximum absolute atomic E-state index is 12.6. The third-order valence-corrected chi connectivity index (χ3v) is 2.38. The average molecular weight is 247 g/mol. The minimum absolute atomic E-state index is 0.324. The van der Waals surface area contributed by atoms with Crippen molar-refractivity contribution >= 4 is 0 Å². The standard InChI is InChI=1S/C12H16F3NO/c1-17-9-8-16-7-6-10-4-2-3-5-11(10)12(13,14)15/h2-5,16H,6-9H2,1H3. The first kappa shape index (κ1) is 14.0. The van der Waals surface area contributed by atoms with Gasteiger partial charge in [-0.05, 0) is 24.6 Å². The molecule has 0 spiro atoms. The highest BCUT2D eigenvalue weighted by Gasteiger charge is 2.32. The highest BCUT2D eigenvalue weighted by molar-refractivity contribution is 5.29. The van der Waals surface area contributed by atoms with Gasteiger partial charge in [0.1, 0.15) is 0 Å². The summed E-state index contributed by atoms with van der Waals surface area (Å²) in [7, 11) is 1.58. The van der Waals surface area contributed by atoms with Gasteiger partial charge in [-0.15, -0.1) is 0 Å². The van der Waals surface area contributed by atoms with Crippen molar-refractivity contribution < 1.29 is 17.9 Å². The average Bonchev–Trinajstić information content (AvgIpc) is 2.28. The predicted octanol–water partition coefficient (Wildman–Crippen LogP) is 2.48. The first-order valence-electron chi connectivity index (χ1n) is 5.40. The van der Waals surface area contributed by atoms with Gasteiger partial charge in [-0.3, -0.25) is 0 Å². The minimum atomic E-state index is -4.27. The Labute approximate surface area is 98.8 Å². The molecule has 0 amide bonds. The third-order valence-electron chi connectivity index (χ3n) is 2.38. The zero-order valence-electron chi connectivity index (χ0n) is 9.68. The molecule has 0 fully saturated rings. The van der Waals surface area contributed by atoms with Crippen molar-refractivity contribution in [2.75, 3.05) is 26.8 Å². The number of hydrogen-bond acceptors (Lipinski definition) is 2. The van der Waals surface area contributed by atoms with Crippen LogP contribution in [0.2, 0.25) is 0 Å². The molecule has 0 saturated carbocycles. The van der Waals surface area contributed by atoms with Gasteiger partial charge in [-0.2, -0.15) is 13.2 Å². The molecule has 1 aromatic carbocycles. The molecule has 0 unspecified atom stereocenters. The molecule has 0 aliphatic carbocycles. The quantitative estimate of drug-likeness (QED) is 0.780. The zero-order valence-corrected chi connectivity index (χ0v) is 9.68. The fourth-order valence-electron chi connectivity index (χ4n) is 1.54. The molecular formula is C12H16F3NO. The van der Waals surface area contributed by atoms with Crippen molar-refractivity contribution in [1.29, 1.82) is 0 Å². The van der Waals surface area contributed by atoms with Gasteiger partial charge in [0.15, 0.2) is 0 Å². The summed E-state index contributed by atoms with van der Waals surface area (Å²) in [5.74, 6) is 0. The van der Waals surface area contributed by atoms with Crippen molar-refractivity contribution in [1.82, 2.24) is 5.32 Å². The van der Waals surface area contributed by atoms with Crippen LogP contribution in [0.4, 0.5) is 13.2 Å². The number of hydrogen-bond donors (Lipinski definition) is 1. The topological polar surface area (TPSA) is 21.3 Å². The van der Waals surface area contributed by atoms with E-state index in [0.717, 1.165) is 6.07 Å². The number of alkyl halides is 3. The molecule has 17 heavy (non-hydrogen) atoms. The van der Waals surface area contributed by atoms with Crippen LogP contribution in [0.15, 0.2) is 24.3 Å². The van der Waals surface area contributed by atoms with Crippen LogP contribution in [0.1, 0.15) is 11.1 Å². The summed E-state index contributed by atoms with van der Waals surface area (Å²) in [6.45, 7) is 1.71. The molecule has 1 aromatic rings. The van der Waals surface area contributed by atoms with Crippen LogP contribution in [0.3, 0.4) is 0 Å². The van der Waals surface area contributed by atoms with Crippen LogP contribution >= 0.6 is 0 Å². The van der Waals surface area contributed by atoms with E-state index in [0.29, 0.717) is 31.7 Å². The van der Waals surface area contributed by atoms with E-state index < -0.39 is 11.7 Å². The molecule has 1 N–H and O–H groups in total. The van der Waals surface area contributed by atoms with E-state index in [1.807, 2.05) is 0 Å². The summed E-state index contributed by atoms with van der Waals surface area (Å²) in [6.07, 6.45) is -3.91. The number of halogens is 3. The van der Waals surface area contributed by atoms with Gasteiger partial charge >= 0.3 is 6.18 Å². The second kappa shape index (κ2) is 6.61. The van der Waals surface area contributed by atoms with Crippen LogP contribution in [0.25, 0.3) is 0 Å². The molecule has 0 aromatic heterocycles. The number of methoxy groups -OCH3 is 1. The second-order valence-electron chi connectivity index (χ2n) is 3.65. The molecule has 5 heteroatoms. The lowest BCUT2D eigenvalue weighted by molar-refractivity contribution is -0.138. The summed E-state index contributed by atoms with van der Waals surface area (Å²) >= 11 is 0. The Hall–Kier alpha value is -1.07. The molecule has 96 valence electrons. The van der Waals surface area contributed by atoms with Crippen LogP contribution < -0.4 is 5.32 Å². The van der Waals surface area contributed by atoms with Crippen LogP contribution in [-0.4, -0.2) is 26.8 Å². The molecular weight excluding hydrogens is 231 g/mol. The third kappa shape index (κ3) is 4.75. The van der Waals surface area contributed by atoms with Crippen molar-refractivity contribution in [3.63, 3.8) is 0 Å². The number of benzene rings is 1. The summed E-state index contributed by atoms with van der Waals surface area (Å²) in [5, 5.41) is 3.02. The lowest BCUT2D eigenvalue weighted by Gasteiger charge is -2.12. The van der Waals surface area contributed by atoms with Crippen LogP contribution in [-0.2, 0) is 17.3 Å². The molecule has 0 aliphatic heterocycles. The minimum Gasteiger partial charge on any atom is -0.383 e. The first-order chi connectivity index (χ1) is 8.05. The largest absolute Gasteiger partial charge is 0.416 e. The maximum atomic E-state index is 12.6. The van der Waals surface area contributed by atoms with Gasteiger partial charge < -0.3 is 10.1 Å². The van der Waals surface area contributed by atoms with Crippen LogP contribution in [0.5, 0.6) is 0 Å². The van der Waals surface area contributed by atoms with E-state index in [1.54, 1.807) is 13.2 Å². The van der Waals surface area contributed by atoms with Crippen molar-refractivity contribution in [3.05, 3.63) is 35.4 Å². The van der Waals surface area contributed by atoms with Gasteiger partial charge in [0.25, 0.3) is 0 Å². The Kier molecular flexibility index (Phi) is 5.44. The molecule has 0 saturated heterocycles. The lowest BCUT2D eigenvalue weighted by atomic mass is 10.0. The SMILES string of the molecule is COCCNCCc1ccccc1C(F)(F)F. The fraction of sp³-hybridized carbons (Fsp3) is 0.500. The van der Waals surface area contributed by atoms with Crippen molar-refractivity contribution in [3.8, 4) is 0 Å². The Morgan fingerprint density at radius 3 is 2.53 bits per heavy atom. The monoisotopic (exact) mass is 247 g/mol. The molecule has 0 aliphatic rings. The van der Waals surface area contributed by atoms with E-state index in [4.69, 9.17) is 4.74 Å². The number of ether oxygens (including phenoxy) is 1. The first-order valence-corrected chi connectivity index (χ1v) is 5.40. The van der Waals surface area contributed by atoms with Gasteiger partial charge in [0.2, 0.25) is 0 Å². The van der Waals surface area contributed by atoms with E-state index >= 15 is 0 Å². The summed E-state index contributed by atoms with van der Waals surface area (Å²) < 4.78 is 42.7. The maximum Gasteiger partial charge on any atom is 0.416 e. The smallest absolute Gasteiger partial charge is 0.383 e. The van der Waals surface area contributed by atoms with Crippen molar-refractivity contribution in [2.24, 2.45) is 0 Å². The summed E-state index contributed by atoms with van der Waals surface area (Å²) in [4.78, 5) is 0. The van der Waals surface area contributed by atoms with Crippen molar-refractivity contribution in [2.45, 2.75) is 12.6 Å². The highest BCUT2D eigenvalue weighted by atomic mass is 19.4. The highest BCUT2D eigenvalue weighted by Crippen LogP contribution is 2.31. The fourth-order valence-corrected chi connectivity index (χ4v) is 1.54. The molecule has 2 nitrogen and oxygen atoms in total. The molecule has 0 atom stereocenters. The van der Waals surface area contributed by atoms with Gasteiger partial charge in [0, 0.05) is 13.7 Å². The number of rotatable bonds is 6. The lowest BCUT2D eigenvalue weighted by Crippen LogP contribution is -2.22. The van der Waals surface area contributed by atoms with E-state index in [2.05, 4.69) is 5.32 Å². The van der Waals surface area contributed by atoms with E-state index in [9.17, 15) is 13.2 Å². The van der Waals surface area contributed by atoms with Gasteiger partial charge in [-0.25, -0.2) is 0 Å². The van der Waals surface area contributed by atoms with E-state index in [1.165, 1.54) is 12.1 Å². The normalized spacial score (nSPS) is 11.8. The molecule has 0 bridgehead atoms. The summed E-state index contributed by atoms with van der Waals surface area (Å²) in [6, 6.07) is 5.66.